The number of sulfone groups is 1. The fourth-order valence-corrected chi connectivity index (χ4v) is 6.51. The van der Waals surface area contributed by atoms with E-state index >= 15 is 0 Å². The average Bonchev–Trinajstić information content (AvgIpc) is 3.13. The first kappa shape index (κ1) is 17.7. The van der Waals surface area contributed by atoms with Crippen LogP contribution in [0.1, 0.15) is 16.9 Å². The van der Waals surface area contributed by atoms with E-state index in [1.807, 2.05) is 4.90 Å². The van der Waals surface area contributed by atoms with Crippen molar-refractivity contribution in [3.63, 3.8) is 0 Å². The van der Waals surface area contributed by atoms with Gasteiger partial charge in [0.05, 0.1) is 22.8 Å². The number of amides is 1. The fourth-order valence-electron chi connectivity index (χ4n) is 3.79. The third kappa shape index (κ3) is 3.07. The molecule has 0 aromatic carbocycles. The Labute approximate surface area is 157 Å². The van der Waals surface area contributed by atoms with Crippen molar-refractivity contribution in [3.05, 3.63) is 16.8 Å². The second-order valence-electron chi connectivity index (χ2n) is 7.07. The lowest BCUT2D eigenvalue weighted by molar-refractivity contribution is -0.135. The SMILES string of the molecule is Cc1sc2ncnc(N3CCN(C(=O)C4CCS(=O)(=O)C4)CC3)c2c1C. The summed E-state index contributed by atoms with van der Waals surface area (Å²) in [4.78, 5) is 27.8. The molecule has 0 bridgehead atoms. The minimum atomic E-state index is -3.03. The molecular formula is C17H22N4O3S2. The lowest BCUT2D eigenvalue weighted by atomic mass is 10.1. The second-order valence-corrected chi connectivity index (χ2v) is 10.5. The van der Waals surface area contributed by atoms with Crippen LogP contribution in [0.15, 0.2) is 6.33 Å². The maximum Gasteiger partial charge on any atom is 0.226 e. The summed E-state index contributed by atoms with van der Waals surface area (Å²) >= 11 is 1.68. The Morgan fingerprint density at radius 2 is 1.92 bits per heavy atom. The molecule has 0 aliphatic carbocycles. The molecule has 1 amide bonds. The summed E-state index contributed by atoms with van der Waals surface area (Å²) in [7, 11) is -3.03. The zero-order valence-corrected chi connectivity index (χ0v) is 16.6. The molecule has 0 saturated carbocycles. The number of hydrogen-bond acceptors (Lipinski definition) is 7. The highest BCUT2D eigenvalue weighted by Crippen LogP contribution is 2.34. The number of aryl methyl sites for hydroxylation is 2. The molecule has 9 heteroatoms. The maximum absolute atomic E-state index is 12.6. The number of carbonyl (C=O) groups is 1. The van der Waals surface area contributed by atoms with Crippen molar-refractivity contribution < 1.29 is 13.2 Å². The second kappa shape index (κ2) is 6.45. The predicted octanol–water partition coefficient (Wildman–Crippen LogP) is 1.39. The van der Waals surface area contributed by atoms with Crippen LogP contribution in [0.3, 0.4) is 0 Å². The topological polar surface area (TPSA) is 83.5 Å². The monoisotopic (exact) mass is 394 g/mol. The fraction of sp³-hybridized carbons (Fsp3) is 0.588. The van der Waals surface area contributed by atoms with Gasteiger partial charge in [0.25, 0.3) is 0 Å². The van der Waals surface area contributed by atoms with Crippen LogP contribution in [-0.2, 0) is 14.6 Å². The number of thiophene rings is 1. The summed E-state index contributed by atoms with van der Waals surface area (Å²) in [6, 6.07) is 0. The Kier molecular flexibility index (Phi) is 4.38. The molecule has 1 atom stereocenters. The third-order valence-electron chi connectivity index (χ3n) is 5.42. The molecule has 2 aliphatic rings. The molecule has 2 aromatic heterocycles. The van der Waals surface area contributed by atoms with Gasteiger partial charge in [-0.1, -0.05) is 0 Å². The van der Waals surface area contributed by atoms with E-state index < -0.39 is 9.84 Å². The summed E-state index contributed by atoms with van der Waals surface area (Å²) in [6.45, 7) is 6.79. The van der Waals surface area contributed by atoms with Gasteiger partial charge >= 0.3 is 0 Å². The number of aromatic nitrogens is 2. The number of piperazine rings is 1. The molecule has 0 radical (unpaired) electrons. The van der Waals surface area contributed by atoms with Crippen LogP contribution in [0.4, 0.5) is 5.82 Å². The molecule has 0 N–H and O–H groups in total. The van der Waals surface area contributed by atoms with E-state index in [0.717, 1.165) is 16.0 Å². The minimum absolute atomic E-state index is 0.00591. The first-order chi connectivity index (χ1) is 12.4. The lowest BCUT2D eigenvalue weighted by Gasteiger charge is -2.36. The highest BCUT2D eigenvalue weighted by atomic mass is 32.2. The van der Waals surface area contributed by atoms with E-state index in [9.17, 15) is 13.2 Å². The van der Waals surface area contributed by atoms with Gasteiger partial charge in [-0.25, -0.2) is 18.4 Å². The summed E-state index contributed by atoms with van der Waals surface area (Å²) in [5.74, 6) is 0.706. The van der Waals surface area contributed by atoms with Crippen LogP contribution in [0.25, 0.3) is 10.2 Å². The predicted molar refractivity (Wildman–Crippen MR) is 102 cm³/mol. The molecule has 2 aliphatic heterocycles. The van der Waals surface area contributed by atoms with Crippen LogP contribution < -0.4 is 4.90 Å². The minimum Gasteiger partial charge on any atom is -0.352 e. The van der Waals surface area contributed by atoms with Gasteiger partial charge < -0.3 is 9.80 Å². The smallest absolute Gasteiger partial charge is 0.226 e. The highest BCUT2D eigenvalue weighted by Gasteiger charge is 2.36. The number of rotatable bonds is 2. The van der Waals surface area contributed by atoms with Crippen molar-refractivity contribution in [2.75, 3.05) is 42.6 Å². The van der Waals surface area contributed by atoms with E-state index in [1.165, 1.54) is 10.4 Å². The molecule has 1 unspecified atom stereocenters. The standard InChI is InChI=1S/C17H22N4O3S2/c1-11-12(2)25-16-14(11)15(18-10-19-16)20-4-6-21(7-5-20)17(22)13-3-8-26(23,24)9-13/h10,13H,3-9H2,1-2H3. The molecule has 7 nitrogen and oxygen atoms in total. The normalized spacial score (nSPS) is 22.9. The van der Waals surface area contributed by atoms with E-state index in [1.54, 1.807) is 17.7 Å². The summed E-state index contributed by atoms with van der Waals surface area (Å²) in [6.07, 6.45) is 2.06. The number of fused-ring (bicyclic) bond motifs is 1. The Balaban J connectivity index is 1.48. The quantitative estimate of drug-likeness (QED) is 0.765. The van der Waals surface area contributed by atoms with E-state index in [2.05, 4.69) is 28.7 Å². The average molecular weight is 395 g/mol. The van der Waals surface area contributed by atoms with Gasteiger partial charge in [-0.3, -0.25) is 4.79 Å². The lowest BCUT2D eigenvalue weighted by Crippen LogP contribution is -2.50. The molecule has 140 valence electrons. The Morgan fingerprint density at radius 1 is 1.19 bits per heavy atom. The first-order valence-electron chi connectivity index (χ1n) is 8.80. The Morgan fingerprint density at radius 3 is 2.58 bits per heavy atom. The number of anilines is 1. The highest BCUT2D eigenvalue weighted by molar-refractivity contribution is 7.91. The molecule has 2 aromatic rings. The molecule has 2 saturated heterocycles. The third-order valence-corrected chi connectivity index (χ3v) is 8.30. The van der Waals surface area contributed by atoms with Crippen LogP contribution in [0.2, 0.25) is 0 Å². The van der Waals surface area contributed by atoms with Gasteiger partial charge in [-0.15, -0.1) is 11.3 Å². The van der Waals surface area contributed by atoms with Gasteiger partial charge in [-0.05, 0) is 25.8 Å². The number of hydrogen-bond donors (Lipinski definition) is 0. The van der Waals surface area contributed by atoms with Gasteiger partial charge in [0.2, 0.25) is 5.91 Å². The van der Waals surface area contributed by atoms with Crippen molar-refractivity contribution in [2.24, 2.45) is 5.92 Å². The van der Waals surface area contributed by atoms with Gasteiger partial charge in [0.1, 0.15) is 17.0 Å². The molecule has 4 heterocycles. The first-order valence-corrected chi connectivity index (χ1v) is 11.4. The van der Waals surface area contributed by atoms with Crippen LogP contribution >= 0.6 is 11.3 Å². The molecular weight excluding hydrogens is 372 g/mol. The van der Waals surface area contributed by atoms with Crippen LogP contribution in [-0.4, -0.2) is 66.9 Å². The number of carbonyl (C=O) groups excluding carboxylic acids is 1. The largest absolute Gasteiger partial charge is 0.352 e. The summed E-state index contributed by atoms with van der Waals surface area (Å²) in [5.41, 5.74) is 1.22. The van der Waals surface area contributed by atoms with E-state index in [-0.39, 0.29) is 23.3 Å². The summed E-state index contributed by atoms with van der Waals surface area (Å²) < 4.78 is 23.3. The summed E-state index contributed by atoms with van der Waals surface area (Å²) in [5, 5.41) is 1.11. The zero-order valence-electron chi connectivity index (χ0n) is 14.9. The molecule has 4 rings (SSSR count). The zero-order chi connectivity index (χ0) is 18.5. The Bertz CT molecular complexity index is 962. The van der Waals surface area contributed by atoms with Crippen molar-refractivity contribution in [3.8, 4) is 0 Å². The van der Waals surface area contributed by atoms with E-state index in [4.69, 9.17) is 0 Å². The van der Waals surface area contributed by atoms with Crippen molar-refractivity contribution >= 4 is 43.1 Å². The van der Waals surface area contributed by atoms with Gasteiger partial charge in [0.15, 0.2) is 9.84 Å². The maximum atomic E-state index is 12.6. The Hall–Kier alpha value is -1.74. The molecule has 2 fully saturated rings. The molecule has 26 heavy (non-hydrogen) atoms. The molecule has 0 spiro atoms. The van der Waals surface area contributed by atoms with Crippen LogP contribution in [0.5, 0.6) is 0 Å². The number of nitrogens with zero attached hydrogens (tertiary/aromatic N) is 4. The van der Waals surface area contributed by atoms with Crippen LogP contribution in [0, 0.1) is 19.8 Å². The van der Waals surface area contributed by atoms with Crippen molar-refractivity contribution in [1.29, 1.82) is 0 Å². The van der Waals surface area contributed by atoms with E-state index in [0.29, 0.717) is 32.6 Å². The van der Waals surface area contributed by atoms with Gasteiger partial charge in [0, 0.05) is 31.1 Å². The van der Waals surface area contributed by atoms with Crippen molar-refractivity contribution in [1.82, 2.24) is 14.9 Å². The van der Waals surface area contributed by atoms with Crippen molar-refractivity contribution in [2.45, 2.75) is 20.3 Å². The van der Waals surface area contributed by atoms with Gasteiger partial charge in [-0.2, -0.15) is 0 Å².